The van der Waals surface area contributed by atoms with Crippen molar-refractivity contribution in [2.45, 2.75) is 97.8 Å². The molecule has 2 aromatic heterocycles. The summed E-state index contributed by atoms with van der Waals surface area (Å²) in [4.78, 5) is 49.2. The molecule has 4 heterocycles. The number of benzene rings is 1. The number of likely N-dealkylation sites (tertiary alicyclic amines) is 1. The zero-order chi connectivity index (χ0) is 31.2. The summed E-state index contributed by atoms with van der Waals surface area (Å²) in [5, 5.41) is 4.20. The summed E-state index contributed by atoms with van der Waals surface area (Å²) in [5.41, 5.74) is 2.68. The van der Waals surface area contributed by atoms with Crippen molar-refractivity contribution in [1.29, 1.82) is 0 Å². The predicted molar refractivity (Wildman–Crippen MR) is 166 cm³/mol. The highest BCUT2D eigenvalue weighted by molar-refractivity contribution is 6.11. The van der Waals surface area contributed by atoms with Crippen molar-refractivity contribution in [1.82, 2.24) is 24.7 Å². The van der Waals surface area contributed by atoms with E-state index in [1.54, 1.807) is 23.4 Å². The number of Topliss-reactive ketones (excluding diaryl/α,β-unsaturated/α-hetero) is 1. The highest BCUT2D eigenvalue weighted by atomic mass is 19.1. The molecule has 0 spiro atoms. The van der Waals surface area contributed by atoms with Gasteiger partial charge in [0.2, 0.25) is 5.91 Å². The molecule has 43 heavy (non-hydrogen) atoms. The van der Waals surface area contributed by atoms with Crippen LogP contribution in [0.4, 0.5) is 4.39 Å². The van der Waals surface area contributed by atoms with Crippen molar-refractivity contribution in [3.63, 3.8) is 0 Å². The van der Waals surface area contributed by atoms with Crippen molar-refractivity contribution in [2.24, 2.45) is 5.92 Å². The van der Waals surface area contributed by atoms with Crippen LogP contribution >= 0.6 is 0 Å². The highest BCUT2D eigenvalue weighted by Crippen LogP contribution is 2.35. The van der Waals surface area contributed by atoms with Crippen LogP contribution in [-0.2, 0) is 4.79 Å². The van der Waals surface area contributed by atoms with Gasteiger partial charge in [-0.3, -0.25) is 19.4 Å². The summed E-state index contributed by atoms with van der Waals surface area (Å²) in [6.45, 7) is 15.0. The van der Waals surface area contributed by atoms with Gasteiger partial charge in [0.05, 0.1) is 29.0 Å². The van der Waals surface area contributed by atoms with E-state index >= 15 is 0 Å². The van der Waals surface area contributed by atoms with Crippen LogP contribution < -0.4 is 5.32 Å². The van der Waals surface area contributed by atoms with Gasteiger partial charge in [-0.15, -0.1) is 0 Å². The molecule has 1 N–H and O–H groups in total. The second kappa shape index (κ2) is 11.8. The number of carbonyl (C=O) groups is 3. The van der Waals surface area contributed by atoms with Crippen LogP contribution in [0.1, 0.15) is 93.6 Å². The van der Waals surface area contributed by atoms with Gasteiger partial charge in [0.1, 0.15) is 5.82 Å². The van der Waals surface area contributed by atoms with E-state index < -0.39 is 5.82 Å². The van der Waals surface area contributed by atoms with E-state index in [-0.39, 0.29) is 52.7 Å². The normalized spacial score (nSPS) is 19.0. The maximum atomic E-state index is 14.6. The summed E-state index contributed by atoms with van der Waals surface area (Å²) >= 11 is 0. The number of aromatic nitrogens is 2. The van der Waals surface area contributed by atoms with Crippen molar-refractivity contribution in [3.8, 4) is 5.69 Å². The van der Waals surface area contributed by atoms with Gasteiger partial charge in [-0.2, -0.15) is 0 Å². The van der Waals surface area contributed by atoms with E-state index in [0.29, 0.717) is 48.4 Å². The van der Waals surface area contributed by atoms with Gasteiger partial charge >= 0.3 is 0 Å². The molecule has 0 radical (unpaired) electrons. The molecular weight excluding hydrogens is 545 g/mol. The Labute approximate surface area is 253 Å². The van der Waals surface area contributed by atoms with E-state index in [1.165, 1.54) is 12.1 Å². The van der Waals surface area contributed by atoms with Gasteiger partial charge in [-0.1, -0.05) is 0 Å². The van der Waals surface area contributed by atoms with Crippen LogP contribution in [0.2, 0.25) is 0 Å². The van der Waals surface area contributed by atoms with E-state index in [0.717, 1.165) is 18.2 Å². The molecule has 1 atom stereocenters. The first-order valence-corrected chi connectivity index (χ1v) is 15.5. The van der Waals surface area contributed by atoms with Gasteiger partial charge < -0.3 is 19.7 Å². The lowest BCUT2D eigenvalue weighted by Crippen LogP contribution is -2.50. The zero-order valence-corrected chi connectivity index (χ0v) is 26.4. The van der Waals surface area contributed by atoms with Gasteiger partial charge in [-0.25, -0.2) is 4.39 Å². The Morgan fingerprint density at radius 2 is 1.72 bits per heavy atom. The Bertz CT molecular complexity index is 1540. The number of piperidine rings is 1. The molecule has 0 saturated carbocycles. The van der Waals surface area contributed by atoms with Gasteiger partial charge in [-0.05, 0) is 98.4 Å². The van der Waals surface area contributed by atoms with Crippen LogP contribution in [0, 0.1) is 18.7 Å². The number of hydrogen-bond donors (Lipinski definition) is 1. The number of hydrogen-bond acceptors (Lipinski definition) is 5. The molecule has 0 aliphatic carbocycles. The molecule has 3 aromatic rings. The zero-order valence-electron chi connectivity index (χ0n) is 26.4. The fourth-order valence-corrected chi connectivity index (χ4v) is 7.06. The molecular formula is C34H44FN5O3. The van der Waals surface area contributed by atoms with E-state index in [1.807, 2.05) is 50.2 Å². The van der Waals surface area contributed by atoms with Crippen LogP contribution in [0.25, 0.3) is 16.6 Å². The van der Waals surface area contributed by atoms with Gasteiger partial charge in [0, 0.05) is 59.5 Å². The van der Waals surface area contributed by atoms with Gasteiger partial charge in [0.25, 0.3) is 5.91 Å². The smallest absolute Gasteiger partial charge is 0.256 e. The molecule has 1 aromatic carbocycles. The molecule has 5 rings (SSSR count). The molecule has 0 bridgehead atoms. The van der Waals surface area contributed by atoms with Crippen LogP contribution in [0.3, 0.4) is 0 Å². The number of rotatable bonds is 7. The monoisotopic (exact) mass is 589 g/mol. The third-order valence-corrected chi connectivity index (χ3v) is 9.13. The minimum atomic E-state index is -0.499. The second-order valence-electron chi connectivity index (χ2n) is 13.3. The Morgan fingerprint density at radius 3 is 2.33 bits per heavy atom. The Hall–Kier alpha value is -3.59. The van der Waals surface area contributed by atoms with E-state index in [2.05, 4.69) is 24.1 Å². The lowest BCUT2D eigenvalue weighted by atomic mass is 9.87. The fourth-order valence-electron chi connectivity index (χ4n) is 7.06. The number of pyridine rings is 1. The van der Waals surface area contributed by atoms with E-state index in [4.69, 9.17) is 0 Å². The Kier molecular flexibility index (Phi) is 8.49. The SMILES string of the molecule is Cc1c(C(=O)C2CCN(C(=O)[C@@H]3CCC(C)(C)N3)CC2)c2ccncc2n1-c1ccc(F)cc1C(=O)N(C(C)C)C(C)C. The lowest BCUT2D eigenvalue weighted by molar-refractivity contribution is -0.134. The molecule has 2 saturated heterocycles. The number of nitrogens with zero attached hydrogens (tertiary/aromatic N) is 4. The quantitative estimate of drug-likeness (QED) is 0.358. The molecule has 9 heteroatoms. The number of halogens is 1. The Balaban J connectivity index is 1.47. The number of carbonyl (C=O) groups excluding carboxylic acids is 3. The minimum absolute atomic E-state index is 0.0284. The van der Waals surface area contributed by atoms with E-state index in [9.17, 15) is 18.8 Å². The summed E-state index contributed by atoms with van der Waals surface area (Å²) in [6, 6.07) is 5.74. The average Bonchev–Trinajstić information content (AvgIpc) is 3.47. The fraction of sp³-hybridized carbons (Fsp3) is 0.529. The van der Waals surface area contributed by atoms with Crippen LogP contribution in [0.5, 0.6) is 0 Å². The number of fused-ring (bicyclic) bond motifs is 1. The first kappa shape index (κ1) is 30.9. The van der Waals surface area contributed by atoms with Crippen molar-refractivity contribution in [3.05, 3.63) is 59.3 Å². The third kappa shape index (κ3) is 5.84. The molecule has 230 valence electrons. The van der Waals surface area contributed by atoms with Crippen LogP contribution in [-0.4, -0.2) is 73.7 Å². The largest absolute Gasteiger partial charge is 0.341 e. The third-order valence-electron chi connectivity index (χ3n) is 9.13. The summed E-state index contributed by atoms with van der Waals surface area (Å²) < 4.78 is 16.5. The number of ketones is 1. The topological polar surface area (TPSA) is 87.5 Å². The average molecular weight is 590 g/mol. The van der Waals surface area contributed by atoms with Crippen molar-refractivity contribution in [2.75, 3.05) is 13.1 Å². The predicted octanol–water partition coefficient (Wildman–Crippen LogP) is 5.68. The molecule has 2 aliphatic heterocycles. The summed E-state index contributed by atoms with van der Waals surface area (Å²) in [7, 11) is 0. The summed E-state index contributed by atoms with van der Waals surface area (Å²) in [6.07, 6.45) is 6.33. The van der Waals surface area contributed by atoms with Crippen molar-refractivity contribution >= 4 is 28.5 Å². The second-order valence-corrected chi connectivity index (χ2v) is 13.3. The molecule has 2 amide bonds. The Morgan fingerprint density at radius 1 is 1.05 bits per heavy atom. The molecule has 0 unspecified atom stereocenters. The summed E-state index contributed by atoms with van der Waals surface area (Å²) in [5.74, 6) is -0.841. The number of amides is 2. The minimum Gasteiger partial charge on any atom is -0.341 e. The molecule has 2 fully saturated rings. The highest BCUT2D eigenvalue weighted by Gasteiger charge is 2.38. The lowest BCUT2D eigenvalue weighted by Gasteiger charge is -2.33. The standard InChI is InChI=1S/C34H44FN5O3/c1-20(2)39(21(3)4)32(42)26-18-24(35)8-9-28(26)40-22(5)30(25-11-15-36-19-29(25)40)31(41)23-12-16-38(17-13-23)33(43)27-10-14-34(6,7)37-27/h8-9,11,15,18-21,23,27,37H,10,12-14,16-17H2,1-7H3/t27-/m0/s1. The maximum absolute atomic E-state index is 14.6. The molecule has 2 aliphatic rings. The van der Waals surface area contributed by atoms with Crippen molar-refractivity contribution < 1.29 is 18.8 Å². The molecule has 8 nitrogen and oxygen atoms in total. The maximum Gasteiger partial charge on any atom is 0.256 e. The first-order valence-electron chi connectivity index (χ1n) is 15.5. The van der Waals surface area contributed by atoms with Gasteiger partial charge in [0.15, 0.2) is 5.78 Å². The first-order chi connectivity index (χ1) is 20.3. The number of nitrogens with one attached hydrogen (secondary N) is 1. The van der Waals surface area contributed by atoms with Crippen LogP contribution in [0.15, 0.2) is 36.7 Å².